The summed E-state index contributed by atoms with van der Waals surface area (Å²) < 4.78 is 34.0. The maximum absolute atomic E-state index is 11.8. The molecule has 1 fully saturated rings. The Balaban J connectivity index is 1.91. The van der Waals surface area contributed by atoms with E-state index in [0.29, 0.717) is 5.75 Å². The lowest BCUT2D eigenvalue weighted by molar-refractivity contribution is -0.277. The first-order valence-electron chi connectivity index (χ1n) is 11.3. The van der Waals surface area contributed by atoms with Gasteiger partial charge in [-0.05, 0) is 28.8 Å². The molecule has 3 rings (SSSR count). The molecule has 11 heteroatoms. The summed E-state index contributed by atoms with van der Waals surface area (Å²) in [5, 5.41) is 3.82. The van der Waals surface area contributed by atoms with Crippen LogP contribution in [0.1, 0.15) is 25.0 Å². The number of azide groups is 1. The number of ether oxygens (including phenoxy) is 6. The first-order chi connectivity index (χ1) is 17.4. The minimum atomic E-state index is -1.26. The molecule has 1 heterocycles. The van der Waals surface area contributed by atoms with Crippen molar-refractivity contribution in [2.45, 2.75) is 57.7 Å². The van der Waals surface area contributed by atoms with Crippen LogP contribution in [0.3, 0.4) is 0 Å². The van der Waals surface area contributed by atoms with Gasteiger partial charge in [-0.2, -0.15) is 0 Å². The standard InChI is InChI=1S/C25H29N3O8/c1-16(29)32-15-21-23(33-14-19-9-11-20(31-3)12-10-19)24(34-13-18-7-5-4-6-8-18)22(27-28-26)25(36-21)35-17(2)30/h4-12,21-25H,13-15H2,1-3H3/t21?,22?,23-,24+,25+/m1/s1. The number of carbonyl (C=O) groups excluding carboxylic acids is 2. The van der Waals surface area contributed by atoms with E-state index >= 15 is 0 Å². The van der Waals surface area contributed by atoms with Gasteiger partial charge in [0.2, 0.25) is 6.29 Å². The first-order valence-corrected chi connectivity index (χ1v) is 11.3. The normalized spacial score (nSPS) is 23.2. The molecule has 5 atom stereocenters. The van der Waals surface area contributed by atoms with Gasteiger partial charge in [0.1, 0.15) is 36.7 Å². The molecule has 1 saturated heterocycles. The van der Waals surface area contributed by atoms with E-state index in [2.05, 4.69) is 10.0 Å². The number of hydrogen-bond donors (Lipinski definition) is 0. The molecule has 2 unspecified atom stereocenters. The molecule has 1 aliphatic heterocycles. The summed E-state index contributed by atoms with van der Waals surface area (Å²) in [5.74, 6) is -0.455. The Bertz CT molecular complexity index is 1040. The molecule has 0 bridgehead atoms. The van der Waals surface area contributed by atoms with Crippen LogP contribution in [-0.4, -0.2) is 56.3 Å². The quantitative estimate of drug-likeness (QED) is 0.197. The van der Waals surface area contributed by atoms with Gasteiger partial charge >= 0.3 is 11.9 Å². The van der Waals surface area contributed by atoms with Gasteiger partial charge < -0.3 is 28.4 Å². The Kier molecular flexibility index (Phi) is 10.1. The van der Waals surface area contributed by atoms with Crippen LogP contribution in [-0.2, 0) is 46.5 Å². The molecule has 192 valence electrons. The van der Waals surface area contributed by atoms with Crippen molar-refractivity contribution in [1.29, 1.82) is 0 Å². The van der Waals surface area contributed by atoms with Crippen LogP contribution in [0.25, 0.3) is 10.4 Å². The molecule has 0 aliphatic carbocycles. The predicted octanol–water partition coefficient (Wildman–Crippen LogP) is 3.70. The van der Waals surface area contributed by atoms with Crippen molar-refractivity contribution in [3.05, 3.63) is 76.2 Å². The van der Waals surface area contributed by atoms with Gasteiger partial charge in [0.15, 0.2) is 0 Å². The maximum atomic E-state index is 11.8. The average molecular weight is 500 g/mol. The molecular formula is C25H29N3O8. The van der Waals surface area contributed by atoms with E-state index in [1.807, 2.05) is 42.5 Å². The smallest absolute Gasteiger partial charge is 0.304 e. The molecule has 0 aromatic heterocycles. The highest BCUT2D eigenvalue weighted by atomic mass is 16.7. The second kappa shape index (κ2) is 13.5. The lowest BCUT2D eigenvalue weighted by Gasteiger charge is -2.44. The van der Waals surface area contributed by atoms with Crippen molar-refractivity contribution >= 4 is 11.9 Å². The van der Waals surface area contributed by atoms with Gasteiger partial charge in [0.05, 0.1) is 20.3 Å². The van der Waals surface area contributed by atoms with Crippen LogP contribution < -0.4 is 4.74 Å². The van der Waals surface area contributed by atoms with Crippen molar-refractivity contribution in [3.63, 3.8) is 0 Å². The third-order valence-corrected chi connectivity index (χ3v) is 5.42. The van der Waals surface area contributed by atoms with Crippen molar-refractivity contribution in [2.75, 3.05) is 13.7 Å². The number of nitrogens with zero attached hydrogens (tertiary/aromatic N) is 3. The van der Waals surface area contributed by atoms with Crippen LogP contribution in [0.5, 0.6) is 5.75 Å². The van der Waals surface area contributed by atoms with Crippen molar-refractivity contribution < 1.29 is 38.0 Å². The lowest BCUT2D eigenvalue weighted by Crippen LogP contribution is -2.60. The Morgan fingerprint density at radius 3 is 2.17 bits per heavy atom. The molecule has 2 aromatic carbocycles. The van der Waals surface area contributed by atoms with E-state index in [9.17, 15) is 15.1 Å². The van der Waals surface area contributed by atoms with Gasteiger partial charge in [-0.1, -0.05) is 47.6 Å². The van der Waals surface area contributed by atoms with Crippen LogP contribution in [0, 0.1) is 0 Å². The van der Waals surface area contributed by atoms with Crippen LogP contribution in [0.2, 0.25) is 0 Å². The van der Waals surface area contributed by atoms with E-state index in [1.165, 1.54) is 13.8 Å². The zero-order valence-electron chi connectivity index (χ0n) is 20.3. The molecule has 0 radical (unpaired) electrons. The number of carbonyl (C=O) groups is 2. The third-order valence-electron chi connectivity index (χ3n) is 5.42. The topological polar surface area (TPSA) is 138 Å². The van der Waals surface area contributed by atoms with Gasteiger partial charge in [-0.3, -0.25) is 9.59 Å². The number of hydrogen-bond acceptors (Lipinski definition) is 9. The van der Waals surface area contributed by atoms with Crippen molar-refractivity contribution in [3.8, 4) is 5.75 Å². The summed E-state index contributed by atoms with van der Waals surface area (Å²) in [6, 6.07) is 15.6. The second-order valence-electron chi connectivity index (χ2n) is 8.04. The molecule has 0 amide bonds. The Morgan fingerprint density at radius 1 is 0.944 bits per heavy atom. The van der Waals surface area contributed by atoms with E-state index in [4.69, 9.17) is 28.4 Å². The average Bonchev–Trinajstić information content (AvgIpc) is 2.87. The highest BCUT2D eigenvalue weighted by Crippen LogP contribution is 2.31. The summed E-state index contributed by atoms with van der Waals surface area (Å²) in [7, 11) is 1.58. The first kappa shape index (κ1) is 27.0. The second-order valence-corrected chi connectivity index (χ2v) is 8.04. The fraction of sp³-hybridized carbons (Fsp3) is 0.440. The van der Waals surface area contributed by atoms with Crippen LogP contribution in [0.15, 0.2) is 59.7 Å². The van der Waals surface area contributed by atoms with Crippen LogP contribution in [0.4, 0.5) is 0 Å². The molecule has 0 N–H and O–H groups in total. The summed E-state index contributed by atoms with van der Waals surface area (Å²) >= 11 is 0. The summed E-state index contributed by atoms with van der Waals surface area (Å²) in [5.41, 5.74) is 11.0. The fourth-order valence-corrected chi connectivity index (χ4v) is 3.74. The van der Waals surface area contributed by atoms with E-state index in [1.54, 1.807) is 19.2 Å². The Morgan fingerprint density at radius 2 is 1.58 bits per heavy atom. The minimum Gasteiger partial charge on any atom is -0.497 e. The summed E-state index contributed by atoms with van der Waals surface area (Å²) in [4.78, 5) is 26.2. The molecule has 36 heavy (non-hydrogen) atoms. The van der Waals surface area contributed by atoms with Crippen molar-refractivity contribution in [1.82, 2.24) is 0 Å². The summed E-state index contributed by atoms with van der Waals surface area (Å²) in [6.45, 7) is 2.61. The molecule has 2 aromatic rings. The zero-order valence-corrected chi connectivity index (χ0v) is 20.3. The Labute approximate surface area is 208 Å². The number of methoxy groups -OCH3 is 1. The molecule has 11 nitrogen and oxygen atoms in total. The number of benzene rings is 2. The largest absolute Gasteiger partial charge is 0.497 e. The minimum absolute atomic E-state index is 0.154. The summed E-state index contributed by atoms with van der Waals surface area (Å²) in [6.07, 6.45) is -3.86. The SMILES string of the molecule is COc1ccc(CO[C@@H]2C(COC(C)=O)O[C@H](OC(C)=O)C(N=[N+]=[N-])[C@@H]2OCc2ccccc2)cc1. The Hall–Kier alpha value is -3.63. The van der Waals surface area contributed by atoms with E-state index in [-0.39, 0.29) is 19.8 Å². The molecule has 0 spiro atoms. The van der Waals surface area contributed by atoms with Crippen molar-refractivity contribution in [2.24, 2.45) is 5.11 Å². The van der Waals surface area contributed by atoms with Gasteiger partial charge in [-0.25, -0.2) is 0 Å². The molecule has 0 saturated carbocycles. The third kappa shape index (κ3) is 7.69. The maximum Gasteiger partial charge on any atom is 0.304 e. The number of rotatable bonds is 11. The highest BCUT2D eigenvalue weighted by molar-refractivity contribution is 5.66. The lowest BCUT2D eigenvalue weighted by atomic mass is 9.96. The highest BCUT2D eigenvalue weighted by Gasteiger charge is 2.49. The fourth-order valence-electron chi connectivity index (χ4n) is 3.74. The van der Waals surface area contributed by atoms with Gasteiger partial charge in [0.25, 0.3) is 0 Å². The van der Waals surface area contributed by atoms with Gasteiger partial charge in [0, 0.05) is 18.8 Å². The predicted molar refractivity (Wildman–Crippen MR) is 127 cm³/mol. The monoisotopic (exact) mass is 499 g/mol. The zero-order chi connectivity index (χ0) is 25.9. The van der Waals surface area contributed by atoms with Crippen LogP contribution >= 0.6 is 0 Å². The van der Waals surface area contributed by atoms with Gasteiger partial charge in [-0.15, -0.1) is 0 Å². The molecular weight excluding hydrogens is 470 g/mol. The van der Waals surface area contributed by atoms with E-state index < -0.39 is 42.6 Å². The van der Waals surface area contributed by atoms with E-state index in [0.717, 1.165) is 11.1 Å². The molecule has 1 aliphatic rings. The number of esters is 2.